The second kappa shape index (κ2) is 8.04. The number of hydrogen-bond acceptors (Lipinski definition) is 3. The zero-order chi connectivity index (χ0) is 21.4. The van der Waals surface area contributed by atoms with E-state index < -0.39 is 0 Å². The zero-order valence-corrected chi connectivity index (χ0v) is 18.3. The molecule has 4 heterocycles. The van der Waals surface area contributed by atoms with Crippen molar-refractivity contribution in [2.24, 2.45) is 0 Å². The molecule has 3 aromatic heterocycles. The molecule has 1 aliphatic heterocycles. The largest absolute Gasteiger partial charge is 0.467 e. The van der Waals surface area contributed by atoms with Crippen LogP contribution in [-0.2, 0) is 6.54 Å². The number of thiocarbonyl (C=S) groups is 1. The fraction of sp³-hybridized carbons (Fsp3) is 0.200. The van der Waals surface area contributed by atoms with Gasteiger partial charge < -0.3 is 19.2 Å². The van der Waals surface area contributed by atoms with E-state index in [0.717, 1.165) is 22.8 Å². The molecule has 0 radical (unpaired) electrons. The molecule has 0 aliphatic carbocycles. The minimum atomic E-state index is -0.0689. The van der Waals surface area contributed by atoms with Crippen molar-refractivity contribution in [1.82, 2.24) is 14.9 Å². The molecular weight excluding hydrogens is 404 g/mol. The van der Waals surface area contributed by atoms with Crippen molar-refractivity contribution in [3.63, 3.8) is 0 Å². The van der Waals surface area contributed by atoms with E-state index in [0.29, 0.717) is 11.7 Å². The van der Waals surface area contributed by atoms with Gasteiger partial charge in [-0.15, -0.1) is 0 Å². The predicted molar refractivity (Wildman–Crippen MR) is 126 cm³/mol. The number of nitrogens with zero attached hydrogens (tertiary/aromatic N) is 3. The number of nitrogens with one attached hydrogen (secondary N) is 1. The van der Waals surface area contributed by atoms with E-state index in [1.807, 2.05) is 30.5 Å². The molecule has 1 aliphatic rings. The Morgan fingerprint density at radius 2 is 1.94 bits per heavy atom. The lowest BCUT2D eigenvalue weighted by molar-refractivity contribution is 0.475. The average molecular weight is 429 g/mol. The number of aromatic nitrogens is 2. The van der Waals surface area contributed by atoms with Crippen LogP contribution in [0, 0.1) is 13.8 Å². The minimum Gasteiger partial charge on any atom is -0.467 e. The molecule has 4 aromatic rings. The van der Waals surface area contributed by atoms with Gasteiger partial charge in [0.15, 0.2) is 5.11 Å². The number of rotatable bonds is 5. The van der Waals surface area contributed by atoms with Gasteiger partial charge in [-0.2, -0.15) is 0 Å². The third-order valence-corrected chi connectivity index (χ3v) is 6.26. The Kier molecular flexibility index (Phi) is 5.08. The lowest BCUT2D eigenvalue weighted by atomic mass is 10.00. The Labute approximate surface area is 187 Å². The molecule has 0 spiro atoms. The average Bonchev–Trinajstić information content (AvgIpc) is 3.52. The van der Waals surface area contributed by atoms with Gasteiger partial charge in [0.25, 0.3) is 0 Å². The van der Waals surface area contributed by atoms with Crippen LogP contribution in [0.3, 0.4) is 0 Å². The molecule has 6 heteroatoms. The molecule has 31 heavy (non-hydrogen) atoms. The van der Waals surface area contributed by atoms with Crippen molar-refractivity contribution in [2.75, 3.05) is 4.90 Å². The van der Waals surface area contributed by atoms with Gasteiger partial charge >= 0.3 is 0 Å². The Morgan fingerprint density at radius 3 is 2.68 bits per heavy atom. The molecule has 1 N–H and O–H groups in total. The molecule has 1 saturated heterocycles. The summed E-state index contributed by atoms with van der Waals surface area (Å²) in [4.78, 5) is 6.86. The van der Waals surface area contributed by atoms with Crippen molar-refractivity contribution >= 4 is 23.0 Å². The van der Waals surface area contributed by atoms with Crippen molar-refractivity contribution in [3.8, 4) is 0 Å². The molecule has 0 unspecified atom stereocenters. The summed E-state index contributed by atoms with van der Waals surface area (Å²) < 4.78 is 7.83. The topological polar surface area (TPSA) is 46.2 Å². The van der Waals surface area contributed by atoms with Gasteiger partial charge in [0.1, 0.15) is 11.8 Å². The van der Waals surface area contributed by atoms with Gasteiger partial charge in [0.2, 0.25) is 0 Å². The molecule has 0 bridgehead atoms. The van der Waals surface area contributed by atoms with Crippen LogP contribution < -0.4 is 10.2 Å². The summed E-state index contributed by atoms with van der Waals surface area (Å²) >= 11 is 5.85. The van der Waals surface area contributed by atoms with Crippen LogP contribution in [0.15, 0.2) is 83.7 Å². The van der Waals surface area contributed by atoms with E-state index in [2.05, 4.69) is 76.2 Å². The van der Waals surface area contributed by atoms with Crippen LogP contribution in [0.4, 0.5) is 5.69 Å². The summed E-state index contributed by atoms with van der Waals surface area (Å²) in [5.41, 5.74) is 5.70. The zero-order valence-electron chi connectivity index (χ0n) is 17.5. The van der Waals surface area contributed by atoms with Crippen molar-refractivity contribution in [3.05, 3.63) is 108 Å². The summed E-state index contributed by atoms with van der Waals surface area (Å²) in [6.45, 7) is 4.92. The Morgan fingerprint density at radius 1 is 1.03 bits per heavy atom. The first-order valence-electron chi connectivity index (χ1n) is 10.4. The maximum Gasteiger partial charge on any atom is 0.174 e. The second-order valence-electron chi connectivity index (χ2n) is 7.91. The first-order chi connectivity index (χ1) is 15.1. The van der Waals surface area contributed by atoms with Crippen LogP contribution in [0.5, 0.6) is 0 Å². The summed E-state index contributed by atoms with van der Waals surface area (Å²) in [6.07, 6.45) is 5.63. The Bertz CT molecular complexity index is 1200. The third kappa shape index (κ3) is 3.64. The third-order valence-electron chi connectivity index (χ3n) is 5.94. The maximum atomic E-state index is 5.85. The maximum absolute atomic E-state index is 5.85. The van der Waals surface area contributed by atoms with Gasteiger partial charge in [-0.3, -0.25) is 4.98 Å². The SMILES string of the molecule is Cc1ccc(N2C(=S)N[C@@H](c3ccccn3)[C@@H]2c2cccn2Cc2ccco2)cc1C. The highest BCUT2D eigenvalue weighted by Crippen LogP contribution is 2.42. The molecule has 5 rings (SSSR count). The molecule has 2 atom stereocenters. The summed E-state index contributed by atoms with van der Waals surface area (Å²) in [7, 11) is 0. The number of anilines is 1. The van der Waals surface area contributed by atoms with Crippen LogP contribution in [0.25, 0.3) is 0 Å². The Hall–Kier alpha value is -3.38. The first kappa shape index (κ1) is 19.6. The highest BCUT2D eigenvalue weighted by atomic mass is 32.1. The monoisotopic (exact) mass is 428 g/mol. The fourth-order valence-corrected chi connectivity index (χ4v) is 4.57. The standard InChI is InChI=1S/C25H24N4OS/c1-17-10-11-19(15-18(17)2)29-24(23(27-25(29)31)21-8-3-4-12-26-21)22-9-5-13-28(22)16-20-7-6-14-30-20/h3-15,23-24H,16H2,1-2H3,(H,27,31)/t23-,24-/m0/s1. The van der Waals surface area contributed by atoms with Crippen LogP contribution >= 0.6 is 12.2 Å². The molecule has 1 fully saturated rings. The molecule has 1 aromatic carbocycles. The Balaban J connectivity index is 1.62. The quantitative estimate of drug-likeness (QED) is 0.436. The number of hydrogen-bond donors (Lipinski definition) is 1. The summed E-state index contributed by atoms with van der Waals surface area (Å²) in [6, 6.07) is 20.5. The van der Waals surface area contributed by atoms with E-state index in [4.69, 9.17) is 16.6 Å². The number of aryl methyl sites for hydroxylation is 2. The number of furan rings is 1. The lowest BCUT2D eigenvalue weighted by Crippen LogP contribution is -2.30. The second-order valence-corrected chi connectivity index (χ2v) is 8.29. The van der Waals surface area contributed by atoms with Crippen LogP contribution in [0.2, 0.25) is 0 Å². The summed E-state index contributed by atoms with van der Waals surface area (Å²) in [5, 5.41) is 4.24. The molecule has 5 nitrogen and oxygen atoms in total. The predicted octanol–water partition coefficient (Wildman–Crippen LogP) is 5.32. The lowest BCUT2D eigenvalue weighted by Gasteiger charge is -2.29. The van der Waals surface area contributed by atoms with Gasteiger partial charge in [-0.05, 0) is 85.7 Å². The van der Waals surface area contributed by atoms with Gasteiger partial charge in [0, 0.05) is 23.8 Å². The van der Waals surface area contributed by atoms with Crippen molar-refractivity contribution < 1.29 is 4.42 Å². The highest BCUT2D eigenvalue weighted by molar-refractivity contribution is 7.80. The van der Waals surface area contributed by atoms with Crippen molar-refractivity contribution in [1.29, 1.82) is 0 Å². The number of benzene rings is 1. The smallest absolute Gasteiger partial charge is 0.174 e. The van der Waals surface area contributed by atoms with E-state index >= 15 is 0 Å². The van der Waals surface area contributed by atoms with Gasteiger partial charge in [-0.1, -0.05) is 12.1 Å². The fourth-order valence-electron chi connectivity index (χ4n) is 4.22. The van der Waals surface area contributed by atoms with E-state index in [-0.39, 0.29) is 12.1 Å². The first-order valence-corrected chi connectivity index (χ1v) is 10.8. The molecule has 156 valence electrons. The normalized spacial score (nSPS) is 18.4. The van der Waals surface area contributed by atoms with Crippen LogP contribution in [0.1, 0.15) is 40.4 Å². The molecule has 0 amide bonds. The van der Waals surface area contributed by atoms with E-state index in [1.54, 1.807) is 6.26 Å². The van der Waals surface area contributed by atoms with Gasteiger partial charge in [0.05, 0.1) is 24.5 Å². The molecule has 0 saturated carbocycles. The molecular formula is C25H24N4OS. The van der Waals surface area contributed by atoms with Crippen LogP contribution in [-0.4, -0.2) is 14.7 Å². The van der Waals surface area contributed by atoms with Crippen molar-refractivity contribution in [2.45, 2.75) is 32.5 Å². The van der Waals surface area contributed by atoms with Gasteiger partial charge in [-0.25, -0.2) is 0 Å². The minimum absolute atomic E-state index is 0.0468. The van der Waals surface area contributed by atoms with E-state index in [1.165, 1.54) is 11.1 Å². The van der Waals surface area contributed by atoms with E-state index in [9.17, 15) is 0 Å². The highest BCUT2D eigenvalue weighted by Gasteiger charge is 2.42. The summed E-state index contributed by atoms with van der Waals surface area (Å²) in [5.74, 6) is 0.915. The number of pyridine rings is 1.